The fourth-order valence-electron chi connectivity index (χ4n) is 2.27. The van der Waals surface area contributed by atoms with E-state index in [1.54, 1.807) is 16.9 Å². The Bertz CT molecular complexity index is 663. The van der Waals surface area contributed by atoms with Gasteiger partial charge in [-0.15, -0.1) is 0 Å². The van der Waals surface area contributed by atoms with Gasteiger partial charge in [0.25, 0.3) is 5.91 Å². The maximum absolute atomic E-state index is 12.2. The van der Waals surface area contributed by atoms with Crippen LogP contribution >= 0.6 is 0 Å². The molecule has 1 aliphatic heterocycles. The van der Waals surface area contributed by atoms with Crippen LogP contribution < -0.4 is 5.32 Å². The maximum atomic E-state index is 12.2. The third-order valence-electron chi connectivity index (χ3n) is 3.63. The monoisotopic (exact) mass is 290 g/mol. The smallest absolute Gasteiger partial charge is 0.256 e. The van der Waals surface area contributed by atoms with E-state index in [1.807, 2.05) is 0 Å². The number of aliphatic hydroxyl groups is 1. The van der Waals surface area contributed by atoms with Gasteiger partial charge >= 0.3 is 0 Å². The molecule has 0 atom stereocenters. The molecule has 1 fully saturated rings. The van der Waals surface area contributed by atoms with Crippen molar-refractivity contribution in [2.45, 2.75) is 13.3 Å². The molecule has 0 saturated carbocycles. The Kier molecular flexibility index (Phi) is 3.60. The first-order valence-electron chi connectivity index (χ1n) is 6.90. The van der Waals surface area contributed by atoms with Crippen LogP contribution in [-0.2, 0) is 11.2 Å². The molecule has 0 bridgehead atoms. The third kappa shape index (κ3) is 2.74. The molecule has 0 spiro atoms. The van der Waals surface area contributed by atoms with Crippen molar-refractivity contribution in [2.75, 3.05) is 26.4 Å². The lowest BCUT2D eigenvalue weighted by molar-refractivity contribution is -0.0978. The summed E-state index contributed by atoms with van der Waals surface area (Å²) in [6.45, 7) is 4.05. The summed E-state index contributed by atoms with van der Waals surface area (Å²) in [6, 6.07) is 0. The Morgan fingerprint density at radius 2 is 2.33 bits per heavy atom. The van der Waals surface area contributed by atoms with Gasteiger partial charge in [0.1, 0.15) is 5.56 Å². The molecule has 7 heteroatoms. The topological polar surface area (TPSA) is 88.8 Å². The van der Waals surface area contributed by atoms with Crippen molar-refractivity contribution in [2.24, 2.45) is 5.41 Å². The van der Waals surface area contributed by atoms with Gasteiger partial charge in [0, 0.05) is 31.0 Å². The summed E-state index contributed by atoms with van der Waals surface area (Å²) in [5.74, 6) is -0.180. The van der Waals surface area contributed by atoms with Crippen LogP contribution in [0.1, 0.15) is 22.8 Å². The summed E-state index contributed by atoms with van der Waals surface area (Å²) < 4.78 is 6.73. The Hall–Kier alpha value is -1.99. The van der Waals surface area contributed by atoms with Gasteiger partial charge in [-0.25, -0.2) is 9.50 Å². The SMILES string of the molecule is CC1(CNC(=O)c2cnn3cc(CCO)cnc23)COC1. The molecule has 0 aliphatic carbocycles. The average Bonchev–Trinajstić information content (AvgIpc) is 2.86. The van der Waals surface area contributed by atoms with Crippen molar-refractivity contribution in [1.29, 1.82) is 0 Å². The number of aromatic nitrogens is 3. The Morgan fingerprint density at radius 1 is 1.52 bits per heavy atom. The van der Waals surface area contributed by atoms with E-state index in [2.05, 4.69) is 22.3 Å². The number of nitrogens with zero attached hydrogens (tertiary/aromatic N) is 3. The fraction of sp³-hybridized carbons (Fsp3) is 0.500. The van der Waals surface area contributed by atoms with Crippen molar-refractivity contribution in [3.05, 3.63) is 29.7 Å². The number of carbonyl (C=O) groups is 1. The average molecular weight is 290 g/mol. The van der Waals surface area contributed by atoms with Crippen molar-refractivity contribution in [1.82, 2.24) is 19.9 Å². The number of ether oxygens (including phenoxy) is 1. The van der Waals surface area contributed by atoms with Gasteiger partial charge in [0.15, 0.2) is 5.65 Å². The molecule has 0 radical (unpaired) electrons. The van der Waals surface area contributed by atoms with Crippen LogP contribution in [0.4, 0.5) is 0 Å². The summed E-state index contributed by atoms with van der Waals surface area (Å²) in [6.07, 6.45) is 5.46. The second-order valence-electron chi connectivity index (χ2n) is 5.75. The highest BCUT2D eigenvalue weighted by Gasteiger charge is 2.33. The largest absolute Gasteiger partial charge is 0.396 e. The molecule has 1 saturated heterocycles. The van der Waals surface area contributed by atoms with Crippen LogP contribution in [0.2, 0.25) is 0 Å². The first-order chi connectivity index (χ1) is 10.1. The van der Waals surface area contributed by atoms with Gasteiger partial charge in [-0.2, -0.15) is 5.10 Å². The molecule has 21 heavy (non-hydrogen) atoms. The lowest BCUT2D eigenvalue weighted by Gasteiger charge is -2.37. The van der Waals surface area contributed by atoms with Crippen LogP contribution in [-0.4, -0.2) is 52.0 Å². The highest BCUT2D eigenvalue weighted by molar-refractivity contribution is 5.99. The summed E-state index contributed by atoms with van der Waals surface area (Å²) in [5.41, 5.74) is 1.87. The summed E-state index contributed by atoms with van der Waals surface area (Å²) in [4.78, 5) is 16.5. The van der Waals surface area contributed by atoms with Crippen molar-refractivity contribution < 1.29 is 14.6 Å². The van der Waals surface area contributed by atoms with Gasteiger partial charge in [0.2, 0.25) is 0 Å². The van der Waals surface area contributed by atoms with Crippen molar-refractivity contribution >= 4 is 11.6 Å². The van der Waals surface area contributed by atoms with E-state index in [0.29, 0.717) is 37.4 Å². The molecule has 112 valence electrons. The lowest BCUT2D eigenvalue weighted by Crippen LogP contribution is -2.48. The van der Waals surface area contributed by atoms with E-state index in [9.17, 15) is 4.79 Å². The zero-order valence-corrected chi connectivity index (χ0v) is 11.9. The zero-order chi connectivity index (χ0) is 14.9. The van der Waals surface area contributed by atoms with Gasteiger partial charge in [-0.1, -0.05) is 6.92 Å². The van der Waals surface area contributed by atoms with Gasteiger partial charge in [-0.05, 0) is 12.0 Å². The van der Waals surface area contributed by atoms with Crippen LogP contribution in [0.5, 0.6) is 0 Å². The van der Waals surface area contributed by atoms with E-state index in [-0.39, 0.29) is 17.9 Å². The number of nitrogens with one attached hydrogen (secondary N) is 1. The van der Waals surface area contributed by atoms with Crippen molar-refractivity contribution in [3.63, 3.8) is 0 Å². The predicted molar refractivity (Wildman–Crippen MR) is 75.0 cm³/mol. The zero-order valence-electron chi connectivity index (χ0n) is 11.9. The molecule has 3 rings (SSSR count). The molecular weight excluding hydrogens is 272 g/mol. The standard InChI is InChI=1S/C14H18N4O3/c1-14(8-21-9-14)7-16-13(20)11-5-17-18-6-10(2-3-19)4-15-12(11)18/h4-6,19H,2-3,7-9H2,1H3,(H,16,20). The van der Waals surface area contributed by atoms with E-state index >= 15 is 0 Å². The first kappa shape index (κ1) is 14.0. The lowest BCUT2D eigenvalue weighted by atomic mass is 9.89. The number of amides is 1. The molecule has 1 aliphatic rings. The van der Waals surface area contributed by atoms with Crippen LogP contribution in [0, 0.1) is 5.41 Å². The molecule has 2 aromatic heterocycles. The summed E-state index contributed by atoms with van der Waals surface area (Å²) in [7, 11) is 0. The second kappa shape index (κ2) is 5.42. The Morgan fingerprint density at radius 3 is 3.00 bits per heavy atom. The minimum Gasteiger partial charge on any atom is -0.396 e. The molecule has 2 N–H and O–H groups in total. The second-order valence-corrected chi connectivity index (χ2v) is 5.75. The van der Waals surface area contributed by atoms with Gasteiger partial charge in [0.05, 0.1) is 19.4 Å². The maximum Gasteiger partial charge on any atom is 0.256 e. The first-order valence-corrected chi connectivity index (χ1v) is 6.90. The summed E-state index contributed by atoms with van der Waals surface area (Å²) in [5, 5.41) is 16.0. The van der Waals surface area contributed by atoms with Crippen molar-refractivity contribution in [3.8, 4) is 0 Å². The number of hydrogen-bond donors (Lipinski definition) is 2. The number of fused-ring (bicyclic) bond motifs is 1. The predicted octanol–water partition coefficient (Wildman–Crippen LogP) is 0.0304. The van der Waals surface area contributed by atoms with Crippen LogP contribution in [0.3, 0.4) is 0 Å². The summed E-state index contributed by atoms with van der Waals surface area (Å²) >= 11 is 0. The van der Waals surface area contributed by atoms with Gasteiger partial charge in [-0.3, -0.25) is 4.79 Å². The molecule has 7 nitrogen and oxygen atoms in total. The molecule has 3 heterocycles. The van der Waals surface area contributed by atoms with Crippen LogP contribution in [0.25, 0.3) is 5.65 Å². The molecule has 0 unspecified atom stereocenters. The highest BCUT2D eigenvalue weighted by Crippen LogP contribution is 2.25. The molecular formula is C14H18N4O3. The number of carbonyl (C=O) groups excluding carboxylic acids is 1. The highest BCUT2D eigenvalue weighted by atomic mass is 16.5. The molecule has 2 aromatic rings. The van der Waals surface area contributed by atoms with E-state index in [4.69, 9.17) is 9.84 Å². The normalized spacial score (nSPS) is 16.7. The number of hydrogen-bond acceptors (Lipinski definition) is 5. The van der Waals surface area contributed by atoms with E-state index in [0.717, 1.165) is 5.56 Å². The van der Waals surface area contributed by atoms with Crippen LogP contribution in [0.15, 0.2) is 18.6 Å². The fourth-order valence-corrected chi connectivity index (χ4v) is 2.27. The van der Waals surface area contributed by atoms with Gasteiger partial charge < -0.3 is 15.2 Å². The quantitative estimate of drug-likeness (QED) is 0.811. The Balaban J connectivity index is 1.75. The minimum absolute atomic E-state index is 0.0281. The van der Waals surface area contributed by atoms with E-state index < -0.39 is 0 Å². The Labute approximate surface area is 121 Å². The molecule has 0 aromatic carbocycles. The molecule has 1 amide bonds. The third-order valence-corrected chi connectivity index (χ3v) is 3.63. The van der Waals surface area contributed by atoms with E-state index in [1.165, 1.54) is 6.20 Å². The number of aliphatic hydroxyl groups excluding tert-OH is 1. The number of rotatable bonds is 5. The minimum atomic E-state index is -0.180.